The Balaban J connectivity index is 3.22. The van der Waals surface area contributed by atoms with E-state index in [0.717, 1.165) is 0 Å². The first kappa shape index (κ1) is 10.4. The van der Waals surface area contributed by atoms with E-state index in [0.29, 0.717) is 0 Å². The van der Waals surface area contributed by atoms with Crippen LogP contribution in [0.1, 0.15) is 0 Å². The first-order valence-electron chi connectivity index (χ1n) is 2.68. The van der Waals surface area contributed by atoms with Gasteiger partial charge in [-0.15, -0.1) is 0 Å². The molecule has 1 aliphatic carbocycles. The van der Waals surface area contributed by atoms with E-state index in [9.17, 15) is 17.6 Å². The fourth-order valence-corrected chi connectivity index (χ4v) is 1.45. The highest BCUT2D eigenvalue weighted by Gasteiger charge is 2.67. The molecule has 1 rings (SSSR count). The van der Waals surface area contributed by atoms with E-state index in [2.05, 4.69) is 0 Å². The van der Waals surface area contributed by atoms with E-state index in [4.69, 9.17) is 34.8 Å². The minimum atomic E-state index is -4.08. The summed E-state index contributed by atoms with van der Waals surface area (Å²) in [5.74, 6) is -5.90. The second-order valence-electron chi connectivity index (χ2n) is 2.22. The minimum Gasteiger partial charge on any atom is -0.236 e. The van der Waals surface area contributed by atoms with Crippen LogP contribution in [0.2, 0.25) is 0 Å². The normalized spacial score (nSPS) is 32.8. The molecule has 0 nitrogen and oxygen atoms in total. The molecule has 70 valence electrons. The lowest BCUT2D eigenvalue weighted by atomic mass is 10.2. The smallest absolute Gasteiger partial charge is 0.236 e. The van der Waals surface area contributed by atoms with Crippen LogP contribution in [0.25, 0.3) is 0 Å². The fraction of sp³-hybridized carbons (Fsp3) is 0.600. The summed E-state index contributed by atoms with van der Waals surface area (Å²) in [7, 11) is 0. The Morgan fingerprint density at radius 1 is 1.25 bits per heavy atom. The number of allylic oxidation sites excluding steroid dienone is 2. The molecule has 0 N–H and O–H groups in total. The van der Waals surface area contributed by atoms with E-state index in [1.807, 2.05) is 0 Å². The Morgan fingerprint density at radius 2 is 1.67 bits per heavy atom. The predicted octanol–water partition coefficient (Wildman–Crippen LogP) is 3.57. The van der Waals surface area contributed by atoms with E-state index >= 15 is 0 Å². The van der Waals surface area contributed by atoms with Crippen LogP contribution in [0.4, 0.5) is 17.6 Å². The molecule has 0 heterocycles. The first-order chi connectivity index (χ1) is 5.23. The van der Waals surface area contributed by atoms with Gasteiger partial charge in [-0.05, 0) is 0 Å². The molecule has 0 fully saturated rings. The van der Waals surface area contributed by atoms with Gasteiger partial charge >= 0.3 is 5.92 Å². The third kappa shape index (κ3) is 1.05. The molecule has 0 spiro atoms. The Kier molecular flexibility index (Phi) is 2.31. The summed E-state index contributed by atoms with van der Waals surface area (Å²) in [4.78, 5) is 0. The second kappa shape index (κ2) is 2.66. The van der Waals surface area contributed by atoms with Gasteiger partial charge in [0.15, 0.2) is 12.0 Å². The van der Waals surface area contributed by atoms with Gasteiger partial charge < -0.3 is 0 Å². The maximum Gasteiger partial charge on any atom is 0.321 e. The summed E-state index contributed by atoms with van der Waals surface area (Å²) in [6.45, 7) is 0. The SMILES string of the molecule is FC1=C(Cl)C(F)(F)C(Cl)(Cl)C1F. The third-order valence-corrected chi connectivity index (χ3v) is 2.72. The highest BCUT2D eigenvalue weighted by molar-refractivity contribution is 6.51. The van der Waals surface area contributed by atoms with Crippen molar-refractivity contribution in [3.8, 4) is 0 Å². The van der Waals surface area contributed by atoms with Crippen molar-refractivity contribution in [1.29, 1.82) is 0 Å². The molecule has 0 aromatic carbocycles. The average Bonchev–Trinajstić information content (AvgIpc) is 2.05. The summed E-state index contributed by atoms with van der Waals surface area (Å²) in [6.07, 6.45) is -2.79. The van der Waals surface area contributed by atoms with Crippen molar-refractivity contribution < 1.29 is 17.6 Å². The van der Waals surface area contributed by atoms with Gasteiger partial charge in [-0.25, -0.2) is 8.78 Å². The number of halogens is 7. The monoisotopic (exact) mass is 242 g/mol. The summed E-state index contributed by atoms with van der Waals surface area (Å²) in [5.41, 5.74) is 0. The number of hydrogen-bond donors (Lipinski definition) is 0. The highest BCUT2D eigenvalue weighted by atomic mass is 35.5. The first-order valence-corrected chi connectivity index (χ1v) is 3.81. The van der Waals surface area contributed by atoms with Crippen molar-refractivity contribution in [1.82, 2.24) is 0 Å². The Morgan fingerprint density at radius 3 is 1.75 bits per heavy atom. The summed E-state index contributed by atoms with van der Waals surface area (Å²) in [6, 6.07) is 0. The van der Waals surface area contributed by atoms with Gasteiger partial charge in [0, 0.05) is 0 Å². The number of alkyl halides is 5. The van der Waals surface area contributed by atoms with Crippen LogP contribution >= 0.6 is 34.8 Å². The molecule has 7 heteroatoms. The fourth-order valence-electron chi connectivity index (χ4n) is 0.726. The number of rotatable bonds is 0. The maximum atomic E-state index is 12.7. The van der Waals surface area contributed by atoms with Crippen LogP contribution in [-0.4, -0.2) is 16.4 Å². The van der Waals surface area contributed by atoms with E-state index in [-0.39, 0.29) is 0 Å². The molecule has 0 aromatic heterocycles. The van der Waals surface area contributed by atoms with Crippen molar-refractivity contribution in [3.05, 3.63) is 10.9 Å². The molecule has 0 aliphatic heterocycles. The minimum absolute atomic E-state index is 1.57. The molecular formula is C5HCl3F4. The summed E-state index contributed by atoms with van der Waals surface area (Å²) < 4.78 is 47.2. The Labute approximate surface area is 80.1 Å². The van der Waals surface area contributed by atoms with Crippen molar-refractivity contribution in [3.63, 3.8) is 0 Å². The zero-order chi connectivity index (χ0) is 9.73. The number of hydrogen-bond acceptors (Lipinski definition) is 0. The lowest BCUT2D eigenvalue weighted by Crippen LogP contribution is -2.40. The lowest BCUT2D eigenvalue weighted by Gasteiger charge is -2.23. The molecule has 0 bridgehead atoms. The molecule has 0 aromatic rings. The Hall–Kier alpha value is 0.330. The van der Waals surface area contributed by atoms with E-state index < -0.39 is 27.3 Å². The lowest BCUT2D eigenvalue weighted by molar-refractivity contribution is 0.0256. The van der Waals surface area contributed by atoms with E-state index in [1.54, 1.807) is 0 Å². The molecule has 1 aliphatic rings. The van der Waals surface area contributed by atoms with Crippen LogP contribution in [0.3, 0.4) is 0 Å². The van der Waals surface area contributed by atoms with Gasteiger partial charge in [0.2, 0.25) is 4.33 Å². The van der Waals surface area contributed by atoms with Crippen LogP contribution in [0, 0.1) is 0 Å². The Bertz CT molecular complexity index is 247. The van der Waals surface area contributed by atoms with Gasteiger partial charge in [-0.2, -0.15) is 8.78 Å². The quantitative estimate of drug-likeness (QED) is 0.451. The predicted molar refractivity (Wildman–Crippen MR) is 38.3 cm³/mol. The van der Waals surface area contributed by atoms with Gasteiger partial charge in [-0.3, -0.25) is 0 Å². The van der Waals surface area contributed by atoms with Crippen molar-refractivity contribution >= 4 is 34.8 Å². The van der Waals surface area contributed by atoms with Crippen LogP contribution in [0.15, 0.2) is 10.9 Å². The summed E-state index contributed by atoms with van der Waals surface area (Å²) >= 11 is 14.5. The maximum absolute atomic E-state index is 12.7. The molecule has 0 radical (unpaired) electrons. The van der Waals surface area contributed by atoms with Crippen molar-refractivity contribution in [2.45, 2.75) is 16.4 Å². The van der Waals surface area contributed by atoms with Crippen LogP contribution in [-0.2, 0) is 0 Å². The van der Waals surface area contributed by atoms with Gasteiger partial charge in [0.05, 0.1) is 0 Å². The van der Waals surface area contributed by atoms with Crippen LogP contribution < -0.4 is 0 Å². The molecule has 12 heavy (non-hydrogen) atoms. The van der Waals surface area contributed by atoms with E-state index in [1.165, 1.54) is 0 Å². The zero-order valence-corrected chi connectivity index (χ0v) is 7.49. The molecule has 0 amide bonds. The zero-order valence-electron chi connectivity index (χ0n) is 5.22. The van der Waals surface area contributed by atoms with Crippen molar-refractivity contribution in [2.75, 3.05) is 0 Å². The van der Waals surface area contributed by atoms with Crippen molar-refractivity contribution in [2.24, 2.45) is 0 Å². The second-order valence-corrected chi connectivity index (χ2v) is 3.99. The third-order valence-electron chi connectivity index (χ3n) is 1.44. The molecule has 1 atom stereocenters. The van der Waals surface area contributed by atoms with Gasteiger partial charge in [0.1, 0.15) is 5.03 Å². The topological polar surface area (TPSA) is 0 Å². The summed E-state index contributed by atoms with van der Waals surface area (Å²) in [5, 5.41) is -1.57. The largest absolute Gasteiger partial charge is 0.321 e. The molecule has 0 saturated carbocycles. The van der Waals surface area contributed by atoms with Crippen LogP contribution in [0.5, 0.6) is 0 Å². The molecular weight excluding hydrogens is 242 g/mol. The standard InChI is InChI=1S/C5HCl3F4/c6-2-1(9)3(10)4(7,8)5(2,11)12/h3H. The van der Waals surface area contributed by atoms with Gasteiger partial charge in [-0.1, -0.05) is 34.8 Å². The molecule has 1 unspecified atom stereocenters. The molecule has 0 saturated heterocycles. The van der Waals surface area contributed by atoms with Gasteiger partial charge in [0.25, 0.3) is 0 Å². The highest BCUT2D eigenvalue weighted by Crippen LogP contribution is 2.56. The average molecular weight is 243 g/mol.